The average Bonchev–Trinajstić information content (AvgIpc) is 2.37. The highest BCUT2D eigenvalue weighted by Gasteiger charge is 2.03. The van der Waals surface area contributed by atoms with Crippen LogP contribution in [0.15, 0.2) is 42.5 Å². The number of benzene rings is 2. The molecule has 0 aliphatic heterocycles. The van der Waals surface area contributed by atoms with Gasteiger partial charge in [0.15, 0.2) is 11.5 Å². The molecule has 0 amide bonds. The van der Waals surface area contributed by atoms with Crippen LogP contribution in [0.5, 0.6) is 23.0 Å². The quantitative estimate of drug-likeness (QED) is 0.870. The van der Waals surface area contributed by atoms with E-state index in [1.165, 1.54) is 13.2 Å². The first-order valence-corrected chi connectivity index (χ1v) is 5.47. The molecule has 0 aliphatic rings. The smallest absolute Gasteiger partial charge is 0.160 e. The number of rotatable bonds is 4. The highest BCUT2D eigenvalue weighted by molar-refractivity contribution is 5.41. The van der Waals surface area contributed by atoms with Crippen LogP contribution in [-0.4, -0.2) is 17.3 Å². The summed E-state index contributed by atoms with van der Waals surface area (Å²) in [7, 11) is 1.50. The van der Waals surface area contributed by atoms with Crippen molar-refractivity contribution >= 4 is 0 Å². The molecule has 0 bridgehead atoms. The Labute approximate surface area is 105 Å². The lowest BCUT2D eigenvalue weighted by atomic mass is 10.2. The van der Waals surface area contributed by atoms with E-state index in [1.807, 2.05) is 0 Å². The minimum Gasteiger partial charge on any atom is -0.508 e. The molecule has 0 spiro atoms. The van der Waals surface area contributed by atoms with Crippen LogP contribution in [0, 0.1) is 0 Å². The van der Waals surface area contributed by atoms with Crippen LogP contribution in [0.3, 0.4) is 0 Å². The molecule has 0 radical (unpaired) electrons. The van der Waals surface area contributed by atoms with E-state index in [9.17, 15) is 10.2 Å². The standard InChI is InChI=1S/C14H14O4/c1-17-14-6-5-10(7-13(14)16)9-18-12-4-2-3-11(15)8-12/h2-8,15-16H,9H2,1H3. The van der Waals surface area contributed by atoms with Crippen molar-refractivity contribution in [2.45, 2.75) is 6.61 Å². The molecular formula is C14H14O4. The number of methoxy groups -OCH3 is 1. The van der Waals surface area contributed by atoms with Crippen molar-refractivity contribution in [1.29, 1.82) is 0 Å². The van der Waals surface area contributed by atoms with Gasteiger partial charge in [-0.3, -0.25) is 0 Å². The van der Waals surface area contributed by atoms with Crippen molar-refractivity contribution in [3.05, 3.63) is 48.0 Å². The fourth-order valence-electron chi connectivity index (χ4n) is 1.57. The predicted octanol–water partition coefficient (Wildman–Crippen LogP) is 2.69. The van der Waals surface area contributed by atoms with Crippen LogP contribution < -0.4 is 9.47 Å². The lowest BCUT2D eigenvalue weighted by Gasteiger charge is -2.08. The summed E-state index contributed by atoms with van der Waals surface area (Å²) in [6.45, 7) is 0.307. The Bertz CT molecular complexity index is 537. The number of hydrogen-bond acceptors (Lipinski definition) is 4. The molecule has 0 aliphatic carbocycles. The van der Waals surface area contributed by atoms with Crippen molar-refractivity contribution in [3.63, 3.8) is 0 Å². The molecule has 2 aromatic carbocycles. The number of aromatic hydroxyl groups is 2. The van der Waals surface area contributed by atoms with Gasteiger partial charge in [-0.15, -0.1) is 0 Å². The summed E-state index contributed by atoms with van der Waals surface area (Å²) >= 11 is 0. The summed E-state index contributed by atoms with van der Waals surface area (Å²) in [4.78, 5) is 0. The Hall–Kier alpha value is -2.36. The maximum Gasteiger partial charge on any atom is 0.160 e. The summed E-state index contributed by atoms with van der Waals surface area (Å²) in [6, 6.07) is 11.6. The van der Waals surface area contributed by atoms with Gasteiger partial charge in [-0.25, -0.2) is 0 Å². The van der Waals surface area contributed by atoms with E-state index >= 15 is 0 Å². The minimum absolute atomic E-state index is 0.0782. The van der Waals surface area contributed by atoms with Crippen molar-refractivity contribution in [3.8, 4) is 23.0 Å². The maximum atomic E-state index is 9.61. The average molecular weight is 246 g/mol. The third kappa shape index (κ3) is 2.85. The summed E-state index contributed by atoms with van der Waals surface area (Å²) in [6.07, 6.45) is 0. The Morgan fingerprint density at radius 1 is 1.06 bits per heavy atom. The first kappa shape index (κ1) is 12.1. The molecule has 0 aromatic heterocycles. The van der Waals surface area contributed by atoms with E-state index in [0.717, 1.165) is 5.56 Å². The van der Waals surface area contributed by atoms with Crippen LogP contribution >= 0.6 is 0 Å². The van der Waals surface area contributed by atoms with Gasteiger partial charge < -0.3 is 19.7 Å². The number of phenols is 2. The molecule has 2 aromatic rings. The highest BCUT2D eigenvalue weighted by atomic mass is 16.5. The summed E-state index contributed by atoms with van der Waals surface area (Å²) < 4.78 is 10.4. The second-order valence-corrected chi connectivity index (χ2v) is 3.79. The third-order valence-corrected chi connectivity index (χ3v) is 2.47. The lowest BCUT2D eigenvalue weighted by molar-refractivity contribution is 0.302. The van der Waals surface area contributed by atoms with Crippen molar-refractivity contribution in [2.75, 3.05) is 7.11 Å². The SMILES string of the molecule is COc1ccc(COc2cccc(O)c2)cc1O. The van der Waals surface area contributed by atoms with Crippen molar-refractivity contribution < 1.29 is 19.7 Å². The summed E-state index contributed by atoms with van der Waals surface area (Å²) in [5.74, 6) is 1.24. The van der Waals surface area contributed by atoms with Crippen LogP contribution in [0.2, 0.25) is 0 Å². The normalized spacial score (nSPS) is 10.1. The maximum absolute atomic E-state index is 9.61. The molecule has 94 valence electrons. The zero-order chi connectivity index (χ0) is 13.0. The Balaban J connectivity index is 2.04. The molecule has 2 N–H and O–H groups in total. The van der Waals surface area contributed by atoms with Gasteiger partial charge in [0, 0.05) is 6.07 Å². The Morgan fingerprint density at radius 3 is 2.56 bits per heavy atom. The second kappa shape index (κ2) is 5.31. The highest BCUT2D eigenvalue weighted by Crippen LogP contribution is 2.27. The van der Waals surface area contributed by atoms with Gasteiger partial charge in [-0.05, 0) is 29.8 Å². The fourth-order valence-corrected chi connectivity index (χ4v) is 1.57. The van der Waals surface area contributed by atoms with Gasteiger partial charge >= 0.3 is 0 Å². The van der Waals surface area contributed by atoms with E-state index in [-0.39, 0.29) is 11.5 Å². The van der Waals surface area contributed by atoms with Crippen LogP contribution in [-0.2, 0) is 6.61 Å². The molecule has 0 unspecified atom stereocenters. The largest absolute Gasteiger partial charge is 0.508 e. The number of hydrogen-bond donors (Lipinski definition) is 2. The first-order valence-electron chi connectivity index (χ1n) is 5.47. The van der Waals surface area contributed by atoms with Gasteiger partial charge in [0.05, 0.1) is 7.11 Å². The van der Waals surface area contributed by atoms with Crippen LogP contribution in [0.1, 0.15) is 5.56 Å². The molecule has 4 heteroatoms. The molecule has 0 heterocycles. The number of phenolic OH excluding ortho intramolecular Hbond substituents is 2. The number of ether oxygens (including phenoxy) is 2. The monoisotopic (exact) mass is 246 g/mol. The molecule has 18 heavy (non-hydrogen) atoms. The molecule has 0 fully saturated rings. The lowest BCUT2D eigenvalue weighted by Crippen LogP contribution is -1.95. The zero-order valence-corrected chi connectivity index (χ0v) is 9.96. The van der Waals surface area contributed by atoms with Crippen LogP contribution in [0.25, 0.3) is 0 Å². The van der Waals surface area contributed by atoms with Gasteiger partial charge in [-0.1, -0.05) is 12.1 Å². The Morgan fingerprint density at radius 2 is 1.89 bits per heavy atom. The van der Waals surface area contributed by atoms with Gasteiger partial charge in [0.2, 0.25) is 0 Å². The first-order chi connectivity index (χ1) is 8.69. The zero-order valence-electron chi connectivity index (χ0n) is 9.96. The van der Waals surface area contributed by atoms with Crippen molar-refractivity contribution in [2.24, 2.45) is 0 Å². The topological polar surface area (TPSA) is 58.9 Å². The minimum atomic E-state index is 0.0782. The summed E-state index contributed by atoms with van der Waals surface area (Å²) in [5, 5.41) is 18.9. The van der Waals surface area contributed by atoms with Crippen LogP contribution in [0.4, 0.5) is 0 Å². The van der Waals surface area contributed by atoms with E-state index in [1.54, 1.807) is 36.4 Å². The van der Waals surface area contributed by atoms with Gasteiger partial charge in [0.1, 0.15) is 18.1 Å². The molecular weight excluding hydrogens is 232 g/mol. The molecule has 0 saturated heterocycles. The predicted molar refractivity (Wildman–Crippen MR) is 67.1 cm³/mol. The second-order valence-electron chi connectivity index (χ2n) is 3.79. The fraction of sp³-hybridized carbons (Fsp3) is 0.143. The van der Waals surface area contributed by atoms with E-state index in [2.05, 4.69) is 0 Å². The third-order valence-electron chi connectivity index (χ3n) is 2.47. The molecule has 4 nitrogen and oxygen atoms in total. The van der Waals surface area contributed by atoms with Crippen molar-refractivity contribution in [1.82, 2.24) is 0 Å². The Kier molecular flexibility index (Phi) is 3.57. The van der Waals surface area contributed by atoms with Gasteiger partial charge in [-0.2, -0.15) is 0 Å². The van der Waals surface area contributed by atoms with E-state index in [0.29, 0.717) is 18.1 Å². The van der Waals surface area contributed by atoms with Gasteiger partial charge in [0.25, 0.3) is 0 Å². The van der Waals surface area contributed by atoms with E-state index in [4.69, 9.17) is 9.47 Å². The van der Waals surface area contributed by atoms with E-state index < -0.39 is 0 Å². The molecule has 2 rings (SSSR count). The molecule has 0 atom stereocenters. The summed E-state index contributed by atoms with van der Waals surface area (Å²) in [5.41, 5.74) is 0.816. The molecule has 0 saturated carbocycles.